The summed E-state index contributed by atoms with van der Waals surface area (Å²) in [6, 6.07) is 17.0. The number of benzene rings is 3. The van der Waals surface area contributed by atoms with Gasteiger partial charge >= 0.3 is 0 Å². The van der Waals surface area contributed by atoms with Crippen molar-refractivity contribution in [3.05, 3.63) is 72.2 Å². The number of nitrogens with zero attached hydrogens (tertiary/aromatic N) is 2. The van der Waals surface area contributed by atoms with E-state index in [2.05, 4.69) is 61.3 Å². The van der Waals surface area contributed by atoms with E-state index in [-0.39, 0.29) is 0 Å². The van der Waals surface area contributed by atoms with Gasteiger partial charge in [-0.25, -0.2) is 4.57 Å². The van der Waals surface area contributed by atoms with Crippen molar-refractivity contribution in [3.63, 3.8) is 0 Å². The summed E-state index contributed by atoms with van der Waals surface area (Å²) in [5, 5.41) is 4.83. The molecule has 5 rings (SSSR count). The number of rotatable bonds is 1. The molecule has 26 heavy (non-hydrogen) atoms. The molecule has 0 spiro atoms. The second-order valence-corrected chi connectivity index (χ2v) is 6.91. The van der Waals surface area contributed by atoms with E-state index >= 15 is 0 Å². The van der Waals surface area contributed by atoms with Gasteiger partial charge in [0.05, 0.1) is 12.6 Å². The summed E-state index contributed by atoms with van der Waals surface area (Å²) in [7, 11) is 2.02. The largest absolute Gasteiger partial charge is 0.455 e. The van der Waals surface area contributed by atoms with Crippen LogP contribution in [-0.2, 0) is 7.05 Å². The van der Waals surface area contributed by atoms with Crippen LogP contribution in [0.15, 0.2) is 65.5 Å². The molecule has 2 aromatic heterocycles. The monoisotopic (exact) mass is 339 g/mol. The summed E-state index contributed by atoms with van der Waals surface area (Å²) in [5.74, 6) is 0. The third kappa shape index (κ3) is 2.00. The molecule has 0 bridgehead atoms. The van der Waals surface area contributed by atoms with E-state index in [4.69, 9.17) is 4.42 Å². The van der Waals surface area contributed by atoms with Crippen LogP contribution in [0.4, 0.5) is 0 Å². The molecule has 0 fully saturated rings. The van der Waals surface area contributed by atoms with E-state index in [0.717, 1.165) is 22.4 Å². The fourth-order valence-electron chi connectivity index (χ4n) is 3.91. The van der Waals surface area contributed by atoms with Gasteiger partial charge in [-0.05, 0) is 47.9 Å². The molecule has 2 heterocycles. The lowest BCUT2D eigenvalue weighted by Gasteiger charge is -2.09. The molecular formula is C23H19N2O+. The standard InChI is InChI=1S/C23H19N2O/c1-14-12-18-22-17-7-5-4-6-16(17)8-9-20(22)26-23(18)21(15(14)2)19-10-11-24-13-25(19)3/h4-13H,1-3H3/q+1. The van der Waals surface area contributed by atoms with E-state index in [9.17, 15) is 0 Å². The van der Waals surface area contributed by atoms with Crippen molar-refractivity contribution < 1.29 is 8.98 Å². The highest BCUT2D eigenvalue weighted by molar-refractivity contribution is 6.20. The van der Waals surface area contributed by atoms with Gasteiger partial charge in [-0.3, -0.25) is 0 Å². The number of hydrogen-bond acceptors (Lipinski definition) is 2. The van der Waals surface area contributed by atoms with Crippen LogP contribution in [0.3, 0.4) is 0 Å². The van der Waals surface area contributed by atoms with Crippen molar-refractivity contribution >= 4 is 32.7 Å². The minimum absolute atomic E-state index is 0.932. The summed E-state index contributed by atoms with van der Waals surface area (Å²) < 4.78 is 8.45. The molecule has 0 saturated heterocycles. The Kier molecular flexibility index (Phi) is 3.13. The highest BCUT2D eigenvalue weighted by atomic mass is 16.3. The Hall–Kier alpha value is -3.20. The normalized spacial score (nSPS) is 11.7. The Bertz CT molecular complexity index is 1310. The average Bonchev–Trinajstić information content (AvgIpc) is 3.02. The smallest absolute Gasteiger partial charge is 0.286 e. The van der Waals surface area contributed by atoms with Gasteiger partial charge in [-0.1, -0.05) is 35.3 Å². The Morgan fingerprint density at radius 3 is 2.65 bits per heavy atom. The van der Waals surface area contributed by atoms with Crippen molar-refractivity contribution in [3.8, 4) is 11.3 Å². The number of aryl methyl sites for hydroxylation is 2. The van der Waals surface area contributed by atoms with Crippen LogP contribution in [0.5, 0.6) is 0 Å². The van der Waals surface area contributed by atoms with Gasteiger partial charge in [0.15, 0.2) is 0 Å². The molecule has 0 aliphatic carbocycles. The van der Waals surface area contributed by atoms with Gasteiger partial charge < -0.3 is 4.42 Å². The lowest BCUT2D eigenvalue weighted by Crippen LogP contribution is -2.31. The SMILES string of the molecule is Cc1cc2c(oc3ccc4ccccc4c32)c(-c2ccnc[n+]2C)c1C. The van der Waals surface area contributed by atoms with E-state index in [1.807, 2.05) is 30.2 Å². The van der Waals surface area contributed by atoms with Crippen molar-refractivity contribution in [1.82, 2.24) is 4.98 Å². The molecule has 0 aliphatic rings. The first-order valence-electron chi connectivity index (χ1n) is 8.79. The van der Waals surface area contributed by atoms with Crippen molar-refractivity contribution in [1.29, 1.82) is 0 Å². The molecular weight excluding hydrogens is 320 g/mol. The van der Waals surface area contributed by atoms with Crippen molar-refractivity contribution in [2.24, 2.45) is 7.05 Å². The topological polar surface area (TPSA) is 29.9 Å². The molecule has 0 saturated carbocycles. The zero-order chi connectivity index (χ0) is 17.8. The molecule has 3 nitrogen and oxygen atoms in total. The van der Waals surface area contributed by atoms with Gasteiger partial charge in [-0.2, -0.15) is 0 Å². The molecule has 0 aliphatic heterocycles. The average molecular weight is 339 g/mol. The quantitative estimate of drug-likeness (QED) is 0.391. The molecule has 0 unspecified atom stereocenters. The Labute approximate surface area is 151 Å². The second-order valence-electron chi connectivity index (χ2n) is 6.91. The maximum Gasteiger partial charge on any atom is 0.286 e. The van der Waals surface area contributed by atoms with Gasteiger partial charge in [0.2, 0.25) is 0 Å². The summed E-state index contributed by atoms with van der Waals surface area (Å²) in [6.45, 7) is 4.33. The number of hydrogen-bond donors (Lipinski definition) is 0. The van der Waals surface area contributed by atoms with Gasteiger partial charge in [0.1, 0.15) is 23.1 Å². The first kappa shape index (κ1) is 15.1. The third-order valence-electron chi connectivity index (χ3n) is 5.37. The molecule has 0 atom stereocenters. The summed E-state index contributed by atoms with van der Waals surface area (Å²) in [6.07, 6.45) is 3.67. The van der Waals surface area contributed by atoms with Crippen molar-refractivity contribution in [2.75, 3.05) is 0 Å². The summed E-state index contributed by atoms with van der Waals surface area (Å²) in [5.41, 5.74) is 6.63. The van der Waals surface area contributed by atoms with Crippen LogP contribution < -0.4 is 4.57 Å². The van der Waals surface area contributed by atoms with Crippen LogP contribution in [0, 0.1) is 13.8 Å². The molecule has 126 valence electrons. The van der Waals surface area contributed by atoms with E-state index in [1.54, 1.807) is 0 Å². The molecule has 3 heteroatoms. The van der Waals surface area contributed by atoms with Crippen LogP contribution in [0.25, 0.3) is 44.0 Å². The number of furan rings is 1. The number of aromatic nitrogens is 2. The summed E-state index contributed by atoms with van der Waals surface area (Å²) in [4.78, 5) is 4.22. The van der Waals surface area contributed by atoms with Crippen LogP contribution in [0.1, 0.15) is 11.1 Å². The molecule has 0 N–H and O–H groups in total. The zero-order valence-electron chi connectivity index (χ0n) is 15.1. The Morgan fingerprint density at radius 1 is 0.962 bits per heavy atom. The van der Waals surface area contributed by atoms with E-state index < -0.39 is 0 Å². The Morgan fingerprint density at radius 2 is 1.81 bits per heavy atom. The maximum atomic E-state index is 6.40. The predicted octanol–water partition coefficient (Wildman–Crippen LogP) is 5.24. The minimum atomic E-state index is 0.932. The summed E-state index contributed by atoms with van der Waals surface area (Å²) >= 11 is 0. The maximum absolute atomic E-state index is 6.40. The van der Waals surface area contributed by atoms with Crippen LogP contribution >= 0.6 is 0 Å². The highest BCUT2D eigenvalue weighted by Gasteiger charge is 2.21. The molecule has 3 aromatic carbocycles. The fourth-order valence-corrected chi connectivity index (χ4v) is 3.91. The van der Waals surface area contributed by atoms with Gasteiger partial charge in [-0.15, -0.1) is 0 Å². The van der Waals surface area contributed by atoms with Crippen LogP contribution in [0.2, 0.25) is 0 Å². The zero-order valence-corrected chi connectivity index (χ0v) is 15.1. The first-order valence-corrected chi connectivity index (χ1v) is 8.79. The van der Waals surface area contributed by atoms with E-state index in [1.165, 1.54) is 32.7 Å². The first-order chi connectivity index (χ1) is 12.6. The third-order valence-corrected chi connectivity index (χ3v) is 5.37. The van der Waals surface area contributed by atoms with Gasteiger partial charge in [0, 0.05) is 16.8 Å². The Balaban J connectivity index is 2.02. The van der Waals surface area contributed by atoms with E-state index in [0.29, 0.717) is 0 Å². The van der Waals surface area contributed by atoms with Crippen molar-refractivity contribution in [2.45, 2.75) is 13.8 Å². The predicted molar refractivity (Wildman–Crippen MR) is 105 cm³/mol. The van der Waals surface area contributed by atoms with Gasteiger partial charge in [0.25, 0.3) is 6.33 Å². The van der Waals surface area contributed by atoms with Crippen LogP contribution in [-0.4, -0.2) is 4.98 Å². The molecule has 5 aromatic rings. The second kappa shape index (κ2) is 5.40. The lowest BCUT2D eigenvalue weighted by molar-refractivity contribution is -0.663. The molecule has 0 radical (unpaired) electrons. The highest BCUT2D eigenvalue weighted by Crippen LogP contribution is 2.40. The minimum Gasteiger partial charge on any atom is -0.455 e. The molecule has 0 amide bonds. The fraction of sp³-hybridized carbons (Fsp3) is 0.130. The number of fused-ring (bicyclic) bond motifs is 5. The lowest BCUT2D eigenvalue weighted by atomic mass is 9.95.